The van der Waals surface area contributed by atoms with E-state index in [0.29, 0.717) is 24.5 Å². The normalized spacial score (nSPS) is 11.5. The van der Waals surface area contributed by atoms with Crippen LogP contribution in [0.25, 0.3) is 0 Å². The highest BCUT2D eigenvalue weighted by atomic mass is 32.2. The van der Waals surface area contributed by atoms with Crippen LogP contribution in [0.5, 0.6) is 11.6 Å². The Balaban J connectivity index is 2.52. The summed E-state index contributed by atoms with van der Waals surface area (Å²) in [6, 6.07) is 6.83. The SMILES string of the molecule is CCCN(CCC)C(=O)CSC(=Nc1ccc(OC)cc1)c1c(O)n(C)c(=O)n(C)c1=O. The Morgan fingerprint density at radius 1 is 1.09 bits per heavy atom. The molecule has 2 rings (SSSR count). The van der Waals surface area contributed by atoms with Gasteiger partial charge in [0.1, 0.15) is 16.4 Å². The number of hydrogen-bond donors (Lipinski definition) is 1. The topological polar surface area (TPSA) is 106 Å². The molecule has 0 spiro atoms. The molecule has 0 atom stereocenters. The third-order valence-electron chi connectivity index (χ3n) is 4.82. The minimum Gasteiger partial charge on any atom is -0.497 e. The van der Waals surface area contributed by atoms with E-state index in [0.717, 1.165) is 33.7 Å². The maximum atomic E-state index is 12.9. The maximum Gasteiger partial charge on any atom is 0.333 e. The van der Waals surface area contributed by atoms with E-state index in [-0.39, 0.29) is 22.3 Å². The van der Waals surface area contributed by atoms with Gasteiger partial charge in [0.25, 0.3) is 5.56 Å². The monoisotopic (exact) mass is 462 g/mol. The molecule has 0 fully saturated rings. The number of carbonyl (C=O) groups is 1. The van der Waals surface area contributed by atoms with E-state index in [1.165, 1.54) is 14.1 Å². The minimum atomic E-state index is -0.684. The Morgan fingerprint density at radius 3 is 2.22 bits per heavy atom. The van der Waals surface area contributed by atoms with Crippen molar-refractivity contribution in [1.29, 1.82) is 0 Å². The second kappa shape index (κ2) is 11.6. The summed E-state index contributed by atoms with van der Waals surface area (Å²) in [4.78, 5) is 44.1. The molecule has 32 heavy (non-hydrogen) atoms. The number of hydrogen-bond acceptors (Lipinski definition) is 7. The van der Waals surface area contributed by atoms with Crippen LogP contribution in [0.2, 0.25) is 0 Å². The number of methoxy groups -OCH3 is 1. The van der Waals surface area contributed by atoms with Gasteiger partial charge in [0.15, 0.2) is 0 Å². The summed E-state index contributed by atoms with van der Waals surface area (Å²) in [5.41, 5.74) is -0.953. The first-order valence-corrected chi connectivity index (χ1v) is 11.4. The third kappa shape index (κ3) is 5.82. The summed E-state index contributed by atoms with van der Waals surface area (Å²) in [6.07, 6.45) is 1.68. The molecule has 1 N–H and O–H groups in total. The van der Waals surface area contributed by atoms with Gasteiger partial charge in [-0.3, -0.25) is 18.7 Å². The number of aliphatic imine (C=N–C) groups is 1. The third-order valence-corrected chi connectivity index (χ3v) is 5.78. The van der Waals surface area contributed by atoms with Gasteiger partial charge in [-0.2, -0.15) is 0 Å². The molecular formula is C22H30N4O5S. The van der Waals surface area contributed by atoms with E-state index < -0.39 is 17.1 Å². The molecule has 2 aromatic rings. The number of carbonyl (C=O) groups excluding carboxylic acids is 1. The van der Waals surface area contributed by atoms with E-state index in [2.05, 4.69) is 4.99 Å². The van der Waals surface area contributed by atoms with Crippen LogP contribution in [0.1, 0.15) is 32.3 Å². The highest BCUT2D eigenvalue weighted by molar-refractivity contribution is 8.15. The zero-order chi connectivity index (χ0) is 23.8. The van der Waals surface area contributed by atoms with Crippen molar-refractivity contribution >= 4 is 28.4 Å². The van der Waals surface area contributed by atoms with Crippen LogP contribution in [-0.4, -0.2) is 56.0 Å². The molecule has 0 aliphatic carbocycles. The molecule has 1 heterocycles. The molecule has 10 heteroatoms. The number of thioether (sulfide) groups is 1. The number of amides is 1. The molecule has 0 bridgehead atoms. The maximum absolute atomic E-state index is 12.9. The Morgan fingerprint density at radius 2 is 1.69 bits per heavy atom. The predicted molar refractivity (Wildman–Crippen MR) is 127 cm³/mol. The quantitative estimate of drug-likeness (QED) is 0.453. The van der Waals surface area contributed by atoms with Crippen molar-refractivity contribution < 1.29 is 14.6 Å². The molecule has 0 unspecified atom stereocenters. The minimum absolute atomic E-state index is 0.0421. The van der Waals surface area contributed by atoms with Crippen molar-refractivity contribution in [3.63, 3.8) is 0 Å². The molecule has 0 aliphatic rings. The zero-order valence-corrected chi connectivity index (χ0v) is 19.9. The van der Waals surface area contributed by atoms with Crippen molar-refractivity contribution in [3.05, 3.63) is 50.7 Å². The van der Waals surface area contributed by atoms with E-state index in [4.69, 9.17) is 4.74 Å². The second-order valence-corrected chi connectivity index (χ2v) is 8.15. The van der Waals surface area contributed by atoms with Gasteiger partial charge in [-0.1, -0.05) is 25.6 Å². The average molecular weight is 463 g/mol. The number of ether oxygens (including phenoxy) is 1. The van der Waals surface area contributed by atoms with E-state index >= 15 is 0 Å². The van der Waals surface area contributed by atoms with Crippen LogP contribution in [0.4, 0.5) is 5.69 Å². The van der Waals surface area contributed by atoms with Gasteiger partial charge < -0.3 is 14.7 Å². The number of aromatic nitrogens is 2. The lowest BCUT2D eigenvalue weighted by molar-refractivity contribution is -0.128. The molecule has 1 amide bonds. The van der Waals surface area contributed by atoms with Crippen molar-refractivity contribution in [2.45, 2.75) is 26.7 Å². The number of aromatic hydroxyl groups is 1. The van der Waals surface area contributed by atoms with Gasteiger partial charge >= 0.3 is 5.69 Å². The highest BCUT2D eigenvalue weighted by Gasteiger charge is 2.23. The lowest BCUT2D eigenvalue weighted by Crippen LogP contribution is -2.40. The fourth-order valence-electron chi connectivity index (χ4n) is 3.08. The van der Waals surface area contributed by atoms with Gasteiger partial charge in [-0.05, 0) is 37.1 Å². The van der Waals surface area contributed by atoms with Gasteiger partial charge in [-0.25, -0.2) is 9.79 Å². The van der Waals surface area contributed by atoms with Crippen molar-refractivity contribution in [2.75, 3.05) is 26.0 Å². The lowest BCUT2D eigenvalue weighted by Gasteiger charge is -2.21. The molecule has 174 valence electrons. The summed E-state index contributed by atoms with van der Waals surface area (Å²) >= 11 is 1.06. The van der Waals surface area contributed by atoms with Gasteiger partial charge in [0.05, 0.1) is 18.6 Å². The molecule has 0 aliphatic heterocycles. The van der Waals surface area contributed by atoms with E-state index in [1.807, 2.05) is 13.8 Å². The Labute approximate surface area is 191 Å². The van der Waals surface area contributed by atoms with E-state index in [9.17, 15) is 19.5 Å². The van der Waals surface area contributed by atoms with Crippen LogP contribution in [0.3, 0.4) is 0 Å². The number of rotatable bonds is 9. The molecule has 1 aromatic heterocycles. The van der Waals surface area contributed by atoms with Crippen LogP contribution >= 0.6 is 11.8 Å². The first kappa shape index (κ1) is 25.3. The number of benzene rings is 1. The molecule has 0 saturated heterocycles. The van der Waals surface area contributed by atoms with Crippen LogP contribution in [0, 0.1) is 0 Å². The lowest BCUT2D eigenvalue weighted by atomic mass is 10.3. The second-order valence-electron chi connectivity index (χ2n) is 7.19. The van der Waals surface area contributed by atoms with Crippen molar-refractivity contribution in [3.8, 4) is 11.6 Å². The fraction of sp³-hybridized carbons (Fsp3) is 0.455. The first-order chi connectivity index (χ1) is 15.2. The zero-order valence-electron chi connectivity index (χ0n) is 19.1. The molecule has 9 nitrogen and oxygen atoms in total. The average Bonchev–Trinajstić information content (AvgIpc) is 2.80. The summed E-state index contributed by atoms with van der Waals surface area (Å²) < 4.78 is 7.04. The Bertz CT molecular complexity index is 1080. The Hall–Kier alpha value is -3.01. The van der Waals surface area contributed by atoms with Gasteiger partial charge in [0.2, 0.25) is 11.8 Å². The summed E-state index contributed by atoms with van der Waals surface area (Å²) in [6.45, 7) is 5.30. The highest BCUT2D eigenvalue weighted by Crippen LogP contribution is 2.25. The van der Waals surface area contributed by atoms with Crippen LogP contribution in [-0.2, 0) is 18.9 Å². The fourth-order valence-corrected chi connectivity index (χ4v) is 4.01. The number of nitrogens with zero attached hydrogens (tertiary/aromatic N) is 4. The summed E-state index contributed by atoms with van der Waals surface area (Å²) in [7, 11) is 4.25. The Kier molecular flexibility index (Phi) is 9.13. The van der Waals surface area contributed by atoms with Crippen molar-refractivity contribution in [1.82, 2.24) is 14.0 Å². The molecule has 1 aromatic carbocycles. The molecular weight excluding hydrogens is 432 g/mol. The standard InChI is InChI=1S/C22H30N4O5S/c1-6-12-26(13-7-2)17(27)14-32-19(23-15-8-10-16(31-5)11-9-15)18-20(28)24(3)22(30)25(4)21(18)29/h8-11,28H,6-7,12-14H2,1-5H3. The smallest absolute Gasteiger partial charge is 0.333 e. The van der Waals surface area contributed by atoms with Gasteiger partial charge in [-0.15, -0.1) is 0 Å². The van der Waals surface area contributed by atoms with Gasteiger partial charge in [0, 0.05) is 27.2 Å². The predicted octanol–water partition coefficient (Wildman–Crippen LogP) is 2.26. The summed E-state index contributed by atoms with van der Waals surface area (Å²) in [5, 5.41) is 10.8. The molecule has 0 saturated carbocycles. The van der Waals surface area contributed by atoms with Crippen LogP contribution in [0.15, 0.2) is 38.8 Å². The molecule has 0 radical (unpaired) electrons. The van der Waals surface area contributed by atoms with E-state index in [1.54, 1.807) is 36.3 Å². The van der Waals surface area contributed by atoms with Crippen LogP contribution < -0.4 is 16.0 Å². The summed E-state index contributed by atoms with van der Waals surface area (Å²) in [5.74, 6) is 0.107. The largest absolute Gasteiger partial charge is 0.497 e. The first-order valence-electron chi connectivity index (χ1n) is 10.4. The van der Waals surface area contributed by atoms with Crippen molar-refractivity contribution in [2.24, 2.45) is 19.1 Å².